The summed E-state index contributed by atoms with van der Waals surface area (Å²) in [6.07, 6.45) is 11.4. The molecule has 180 valence electrons. The van der Waals surface area contributed by atoms with E-state index in [1.54, 1.807) is 30.3 Å². The Balaban J connectivity index is 1.52. The van der Waals surface area contributed by atoms with Crippen LogP contribution in [-0.2, 0) is 19.1 Å². The summed E-state index contributed by atoms with van der Waals surface area (Å²) in [6.45, 7) is 4.97. The third-order valence-corrected chi connectivity index (χ3v) is 5.11. The van der Waals surface area contributed by atoms with E-state index in [4.69, 9.17) is 14.2 Å². The van der Waals surface area contributed by atoms with Gasteiger partial charge in [0.05, 0.1) is 6.61 Å². The summed E-state index contributed by atoms with van der Waals surface area (Å²) in [5.74, 6) is -1.36. The summed E-state index contributed by atoms with van der Waals surface area (Å²) >= 11 is 0. The zero-order chi connectivity index (χ0) is 25.2. The molecular weight excluding hydrogens is 451 g/mol. The number of carbonyl (C=O) groups excluding carboxylic acids is 3. The number of allylic oxidation sites excluding steroid dienone is 5. The first-order chi connectivity index (χ1) is 16.8. The van der Waals surface area contributed by atoms with Crippen LogP contribution in [0.1, 0.15) is 19.8 Å². The highest BCUT2D eigenvalue weighted by Crippen LogP contribution is 2.28. The highest BCUT2D eigenvalue weighted by Gasteiger charge is 2.11. The fraction of sp³-hybridized carbons (Fsp3) is 0.179. The third kappa shape index (κ3) is 7.92. The molecule has 2 aromatic carbocycles. The highest BCUT2D eigenvalue weighted by molar-refractivity contribution is 5.85. The van der Waals surface area contributed by atoms with Crippen LogP contribution in [0.5, 0.6) is 11.5 Å². The Kier molecular flexibility index (Phi) is 8.89. The van der Waals surface area contributed by atoms with E-state index in [2.05, 4.69) is 6.58 Å². The molecule has 0 radical (unpaired) electrons. The summed E-state index contributed by atoms with van der Waals surface area (Å²) in [4.78, 5) is 34.2. The molecule has 0 spiro atoms. The van der Waals surface area contributed by atoms with E-state index in [9.17, 15) is 18.8 Å². The van der Waals surface area contributed by atoms with Crippen molar-refractivity contribution in [3.05, 3.63) is 96.9 Å². The molecule has 7 heteroatoms. The number of esters is 3. The van der Waals surface area contributed by atoms with Crippen LogP contribution in [0.15, 0.2) is 91.1 Å². The minimum absolute atomic E-state index is 0.0831. The standard InChI is InChI=1S/C28H25FO6/c1-3-27(31)33-17-16-21-6-4-20(5-7-21)8-15-28(32)35-24-13-14-25(26(29)18-24)22-9-11-23(12-10-22)34-19(2)30/h3-6,8-15,18,21H,1,7,16-17H2,2H3/b15-8+/t21-/m0/s1. The average molecular weight is 477 g/mol. The topological polar surface area (TPSA) is 78.9 Å². The average Bonchev–Trinajstić information content (AvgIpc) is 2.84. The number of benzene rings is 2. The molecule has 0 amide bonds. The molecule has 35 heavy (non-hydrogen) atoms. The fourth-order valence-electron chi connectivity index (χ4n) is 3.37. The van der Waals surface area contributed by atoms with Crippen molar-refractivity contribution >= 4 is 17.9 Å². The van der Waals surface area contributed by atoms with Crippen LogP contribution < -0.4 is 9.47 Å². The first-order valence-corrected chi connectivity index (χ1v) is 11.0. The summed E-state index contributed by atoms with van der Waals surface area (Å²) in [6, 6.07) is 10.6. The Bertz CT molecular complexity index is 1190. The molecule has 0 bridgehead atoms. The number of ether oxygens (including phenoxy) is 3. The van der Waals surface area contributed by atoms with Gasteiger partial charge in [0.2, 0.25) is 0 Å². The summed E-state index contributed by atoms with van der Waals surface area (Å²) in [5.41, 5.74) is 1.76. The van der Waals surface area contributed by atoms with Gasteiger partial charge in [-0.15, -0.1) is 0 Å². The largest absolute Gasteiger partial charge is 0.463 e. The number of hydrogen-bond donors (Lipinski definition) is 0. The van der Waals surface area contributed by atoms with Crippen molar-refractivity contribution in [3.63, 3.8) is 0 Å². The molecule has 0 unspecified atom stereocenters. The molecule has 3 rings (SSSR count). The maximum absolute atomic E-state index is 14.6. The molecule has 6 nitrogen and oxygen atoms in total. The van der Waals surface area contributed by atoms with Gasteiger partial charge in [0.15, 0.2) is 0 Å². The molecule has 0 N–H and O–H groups in total. The Morgan fingerprint density at radius 3 is 2.43 bits per heavy atom. The highest BCUT2D eigenvalue weighted by atomic mass is 19.1. The third-order valence-electron chi connectivity index (χ3n) is 5.11. The van der Waals surface area contributed by atoms with Gasteiger partial charge in [0.1, 0.15) is 17.3 Å². The summed E-state index contributed by atoms with van der Waals surface area (Å²) in [7, 11) is 0. The Morgan fingerprint density at radius 1 is 1.06 bits per heavy atom. The van der Waals surface area contributed by atoms with Crippen LogP contribution in [0.2, 0.25) is 0 Å². The van der Waals surface area contributed by atoms with E-state index in [-0.39, 0.29) is 11.7 Å². The fourth-order valence-corrected chi connectivity index (χ4v) is 3.37. The second kappa shape index (κ2) is 12.3. The van der Waals surface area contributed by atoms with Gasteiger partial charge >= 0.3 is 17.9 Å². The van der Waals surface area contributed by atoms with Crippen LogP contribution in [0.25, 0.3) is 11.1 Å². The van der Waals surface area contributed by atoms with Crippen LogP contribution in [-0.4, -0.2) is 24.5 Å². The molecular formula is C28H25FO6. The van der Waals surface area contributed by atoms with Crippen molar-refractivity contribution in [3.8, 4) is 22.6 Å². The second-order valence-corrected chi connectivity index (χ2v) is 7.73. The van der Waals surface area contributed by atoms with Gasteiger partial charge in [0.25, 0.3) is 0 Å². The predicted octanol–water partition coefficient (Wildman–Crippen LogP) is 5.50. The van der Waals surface area contributed by atoms with Crippen molar-refractivity contribution in [2.24, 2.45) is 5.92 Å². The maximum atomic E-state index is 14.6. The van der Waals surface area contributed by atoms with E-state index in [0.29, 0.717) is 29.9 Å². The molecule has 0 fully saturated rings. The van der Waals surface area contributed by atoms with Gasteiger partial charge in [-0.25, -0.2) is 14.0 Å². The smallest absolute Gasteiger partial charge is 0.336 e. The normalized spacial score (nSPS) is 14.8. The lowest BCUT2D eigenvalue weighted by Gasteiger charge is -2.14. The van der Waals surface area contributed by atoms with Gasteiger partial charge in [-0.05, 0) is 60.2 Å². The number of rotatable bonds is 9. The van der Waals surface area contributed by atoms with Crippen LogP contribution in [0, 0.1) is 11.7 Å². The Morgan fingerprint density at radius 2 is 1.80 bits per heavy atom. The van der Waals surface area contributed by atoms with E-state index < -0.39 is 23.7 Å². The van der Waals surface area contributed by atoms with Gasteiger partial charge in [-0.2, -0.15) is 0 Å². The number of carbonyl (C=O) groups is 3. The van der Waals surface area contributed by atoms with Crippen molar-refractivity contribution < 1.29 is 33.0 Å². The Labute approximate surface area is 203 Å². The van der Waals surface area contributed by atoms with Crippen molar-refractivity contribution in [1.82, 2.24) is 0 Å². The second-order valence-electron chi connectivity index (χ2n) is 7.73. The maximum Gasteiger partial charge on any atom is 0.336 e. The molecule has 2 aromatic rings. The van der Waals surface area contributed by atoms with E-state index in [1.165, 1.54) is 25.1 Å². The van der Waals surface area contributed by atoms with Crippen LogP contribution in [0.3, 0.4) is 0 Å². The number of hydrogen-bond acceptors (Lipinski definition) is 6. The monoisotopic (exact) mass is 476 g/mol. The number of halogens is 1. The molecule has 0 aliphatic heterocycles. The van der Waals surface area contributed by atoms with Gasteiger partial charge in [0, 0.05) is 30.7 Å². The van der Waals surface area contributed by atoms with Crippen LogP contribution >= 0.6 is 0 Å². The zero-order valence-electron chi connectivity index (χ0n) is 19.2. The van der Waals surface area contributed by atoms with Gasteiger partial charge in [-0.3, -0.25) is 4.79 Å². The Hall–Kier alpha value is -4.26. The van der Waals surface area contributed by atoms with E-state index in [0.717, 1.165) is 24.1 Å². The quantitative estimate of drug-likeness (QED) is 0.270. The van der Waals surface area contributed by atoms with Crippen molar-refractivity contribution in [2.75, 3.05) is 6.61 Å². The summed E-state index contributed by atoms with van der Waals surface area (Å²) < 4.78 is 29.8. The minimum Gasteiger partial charge on any atom is -0.463 e. The van der Waals surface area contributed by atoms with Gasteiger partial charge < -0.3 is 14.2 Å². The SMILES string of the molecule is C=CC(=O)OCC[C@H]1C=CC(/C=C/C(=O)Oc2ccc(-c3ccc(OC(C)=O)cc3)c(F)c2)=CC1. The van der Waals surface area contributed by atoms with Crippen molar-refractivity contribution in [2.45, 2.75) is 19.8 Å². The lowest BCUT2D eigenvalue weighted by Crippen LogP contribution is -2.08. The molecule has 0 saturated carbocycles. The minimum atomic E-state index is -0.629. The van der Waals surface area contributed by atoms with Gasteiger partial charge in [-0.1, -0.05) is 36.9 Å². The predicted molar refractivity (Wildman–Crippen MR) is 129 cm³/mol. The lowest BCUT2D eigenvalue weighted by molar-refractivity contribution is -0.138. The van der Waals surface area contributed by atoms with Crippen molar-refractivity contribution in [1.29, 1.82) is 0 Å². The molecule has 1 atom stereocenters. The summed E-state index contributed by atoms with van der Waals surface area (Å²) in [5, 5.41) is 0. The van der Waals surface area contributed by atoms with E-state index in [1.807, 2.05) is 18.2 Å². The first kappa shape index (κ1) is 25.4. The van der Waals surface area contributed by atoms with Crippen LogP contribution in [0.4, 0.5) is 4.39 Å². The molecule has 0 aromatic heterocycles. The molecule has 1 aliphatic rings. The molecule has 1 aliphatic carbocycles. The zero-order valence-corrected chi connectivity index (χ0v) is 19.2. The lowest BCUT2D eigenvalue weighted by atomic mass is 9.94. The first-order valence-electron chi connectivity index (χ1n) is 11.0. The molecule has 0 heterocycles. The molecule has 0 saturated heterocycles. The van der Waals surface area contributed by atoms with E-state index >= 15 is 0 Å².